The van der Waals surface area contributed by atoms with Crippen LogP contribution in [-0.2, 0) is 20.4 Å². The lowest BCUT2D eigenvalue weighted by atomic mass is 10.3. The third-order valence-electron chi connectivity index (χ3n) is 2.64. The van der Waals surface area contributed by atoms with E-state index >= 15 is 0 Å². The number of esters is 2. The Hall–Kier alpha value is -1.40. The lowest BCUT2D eigenvalue weighted by molar-refractivity contribution is -0.133. The quantitative estimate of drug-likeness (QED) is 0.313. The molecule has 0 bridgehead atoms. The smallest absolute Gasteiger partial charge is 0.308 e. The van der Waals surface area contributed by atoms with Crippen LogP contribution in [0.25, 0.3) is 0 Å². The molecule has 0 saturated heterocycles. The SMILES string of the molecule is CC(=O)Oc1ccc(OC(C)=O)c([S@@](=O)CCCCCCl)c1. The molecule has 7 heteroatoms. The molecule has 0 aliphatic rings. The molecule has 1 aromatic carbocycles. The second-order valence-electron chi connectivity index (χ2n) is 4.60. The van der Waals surface area contributed by atoms with E-state index in [4.69, 9.17) is 21.1 Å². The maximum absolute atomic E-state index is 12.4. The largest absolute Gasteiger partial charge is 0.427 e. The van der Waals surface area contributed by atoms with Gasteiger partial charge >= 0.3 is 11.9 Å². The molecule has 0 aliphatic carbocycles. The summed E-state index contributed by atoms with van der Waals surface area (Å²) in [4.78, 5) is 22.5. The number of hydrogen-bond donors (Lipinski definition) is 0. The van der Waals surface area contributed by atoms with E-state index in [-0.39, 0.29) is 11.5 Å². The van der Waals surface area contributed by atoms with Crippen LogP contribution in [-0.4, -0.2) is 27.8 Å². The average Bonchev–Trinajstić information content (AvgIpc) is 2.44. The van der Waals surface area contributed by atoms with Crippen LogP contribution in [0.3, 0.4) is 0 Å². The van der Waals surface area contributed by atoms with Gasteiger partial charge in [-0.15, -0.1) is 11.6 Å². The van der Waals surface area contributed by atoms with Gasteiger partial charge < -0.3 is 9.47 Å². The molecule has 1 rings (SSSR count). The van der Waals surface area contributed by atoms with E-state index < -0.39 is 22.7 Å². The lowest BCUT2D eigenvalue weighted by Crippen LogP contribution is -2.08. The summed E-state index contributed by atoms with van der Waals surface area (Å²) in [5.41, 5.74) is 0. The van der Waals surface area contributed by atoms with Gasteiger partial charge in [0.05, 0.1) is 15.7 Å². The summed E-state index contributed by atoms with van der Waals surface area (Å²) in [5.74, 6) is 0.522. The fraction of sp³-hybridized carbons (Fsp3) is 0.467. The van der Waals surface area contributed by atoms with Gasteiger partial charge in [-0.2, -0.15) is 0 Å². The maximum atomic E-state index is 12.4. The molecule has 0 unspecified atom stereocenters. The van der Waals surface area contributed by atoms with Crippen molar-refractivity contribution in [3.63, 3.8) is 0 Å². The van der Waals surface area contributed by atoms with Gasteiger partial charge in [-0.05, 0) is 25.0 Å². The van der Waals surface area contributed by atoms with Crippen LogP contribution in [0.5, 0.6) is 11.5 Å². The predicted octanol–water partition coefficient (Wildman–Crippen LogP) is 3.05. The minimum absolute atomic E-state index is 0.221. The average molecular weight is 347 g/mol. The van der Waals surface area contributed by atoms with Crippen LogP contribution in [0.1, 0.15) is 33.1 Å². The molecule has 1 aromatic rings. The van der Waals surface area contributed by atoms with Gasteiger partial charge in [-0.25, -0.2) is 0 Å². The van der Waals surface area contributed by atoms with E-state index in [1.54, 1.807) is 0 Å². The number of halogens is 1. The van der Waals surface area contributed by atoms with Crippen molar-refractivity contribution in [2.45, 2.75) is 38.0 Å². The minimum Gasteiger partial charge on any atom is -0.427 e. The zero-order chi connectivity index (χ0) is 16.5. The van der Waals surface area contributed by atoms with E-state index in [1.165, 1.54) is 32.0 Å². The Morgan fingerprint density at radius 3 is 2.36 bits per heavy atom. The number of ether oxygens (including phenoxy) is 2. The Labute approximate surface area is 137 Å². The number of benzene rings is 1. The van der Waals surface area contributed by atoms with Gasteiger partial charge in [-0.3, -0.25) is 13.8 Å². The molecule has 0 aromatic heterocycles. The first-order valence-electron chi connectivity index (χ1n) is 6.89. The third kappa shape index (κ3) is 6.58. The molecule has 0 aliphatic heterocycles. The van der Waals surface area contributed by atoms with Gasteiger partial charge in [0.25, 0.3) is 0 Å². The van der Waals surface area contributed by atoms with Gasteiger partial charge in [0.15, 0.2) is 0 Å². The predicted molar refractivity (Wildman–Crippen MR) is 84.9 cm³/mol. The summed E-state index contributed by atoms with van der Waals surface area (Å²) in [6.07, 6.45) is 2.49. The molecule has 5 nitrogen and oxygen atoms in total. The Morgan fingerprint density at radius 1 is 1.09 bits per heavy atom. The van der Waals surface area contributed by atoms with Gasteiger partial charge in [0, 0.05) is 31.5 Å². The van der Waals surface area contributed by atoms with Crippen LogP contribution in [0.2, 0.25) is 0 Å². The van der Waals surface area contributed by atoms with Crippen molar-refractivity contribution in [3.05, 3.63) is 18.2 Å². The summed E-state index contributed by atoms with van der Waals surface area (Å²) >= 11 is 5.60. The number of rotatable bonds is 8. The lowest BCUT2D eigenvalue weighted by Gasteiger charge is -2.11. The van der Waals surface area contributed by atoms with E-state index in [1.807, 2.05) is 0 Å². The first-order chi connectivity index (χ1) is 10.4. The van der Waals surface area contributed by atoms with Gasteiger partial charge in [0.2, 0.25) is 0 Å². The number of hydrogen-bond acceptors (Lipinski definition) is 5. The monoisotopic (exact) mass is 346 g/mol. The number of carbonyl (C=O) groups is 2. The van der Waals surface area contributed by atoms with Crippen LogP contribution in [0, 0.1) is 0 Å². The van der Waals surface area contributed by atoms with E-state index in [0.29, 0.717) is 16.5 Å². The summed E-state index contributed by atoms with van der Waals surface area (Å²) in [6.45, 7) is 2.55. The van der Waals surface area contributed by atoms with Crippen LogP contribution >= 0.6 is 11.6 Å². The van der Waals surface area contributed by atoms with Crippen LogP contribution in [0.4, 0.5) is 0 Å². The van der Waals surface area contributed by atoms with Crippen molar-refractivity contribution in [3.8, 4) is 11.5 Å². The zero-order valence-electron chi connectivity index (χ0n) is 12.6. The Morgan fingerprint density at radius 2 is 1.77 bits per heavy atom. The topological polar surface area (TPSA) is 69.7 Å². The molecule has 0 amide bonds. The molecule has 0 spiro atoms. The first kappa shape index (κ1) is 18.6. The summed E-state index contributed by atoms with van der Waals surface area (Å²) < 4.78 is 22.4. The Bertz CT molecular complexity index is 559. The summed E-state index contributed by atoms with van der Waals surface area (Å²) in [7, 11) is -1.35. The van der Waals surface area contributed by atoms with E-state index in [2.05, 4.69) is 0 Å². The second-order valence-corrected chi connectivity index (χ2v) is 6.51. The molecule has 0 heterocycles. The fourth-order valence-corrected chi connectivity index (χ4v) is 3.21. The third-order valence-corrected chi connectivity index (χ3v) is 4.38. The Kier molecular flexibility index (Phi) is 8.12. The van der Waals surface area contributed by atoms with Crippen molar-refractivity contribution in [1.29, 1.82) is 0 Å². The number of alkyl halides is 1. The van der Waals surface area contributed by atoms with Crippen molar-refractivity contribution >= 4 is 34.3 Å². The highest BCUT2D eigenvalue weighted by molar-refractivity contribution is 7.85. The van der Waals surface area contributed by atoms with Crippen molar-refractivity contribution in [2.75, 3.05) is 11.6 Å². The number of unbranched alkanes of at least 4 members (excludes halogenated alkanes) is 2. The molecular weight excluding hydrogens is 328 g/mol. The molecule has 0 saturated carbocycles. The van der Waals surface area contributed by atoms with Crippen LogP contribution in [0.15, 0.2) is 23.1 Å². The van der Waals surface area contributed by atoms with Crippen molar-refractivity contribution in [1.82, 2.24) is 0 Å². The van der Waals surface area contributed by atoms with Crippen LogP contribution < -0.4 is 9.47 Å². The summed E-state index contributed by atoms with van der Waals surface area (Å²) in [6, 6.07) is 4.44. The molecule has 0 fully saturated rings. The molecular formula is C15H19ClO5S. The fourth-order valence-electron chi connectivity index (χ4n) is 1.75. The highest BCUT2D eigenvalue weighted by Gasteiger charge is 2.15. The van der Waals surface area contributed by atoms with E-state index in [9.17, 15) is 13.8 Å². The number of carbonyl (C=O) groups excluding carboxylic acids is 2. The van der Waals surface area contributed by atoms with Gasteiger partial charge in [0.1, 0.15) is 11.5 Å². The molecule has 122 valence electrons. The summed E-state index contributed by atoms with van der Waals surface area (Å²) in [5, 5.41) is 0. The molecule has 1 atom stereocenters. The van der Waals surface area contributed by atoms with Crippen molar-refractivity contribution < 1.29 is 23.3 Å². The van der Waals surface area contributed by atoms with E-state index in [0.717, 1.165) is 19.3 Å². The maximum Gasteiger partial charge on any atom is 0.308 e. The Balaban J connectivity index is 2.91. The molecule has 22 heavy (non-hydrogen) atoms. The zero-order valence-corrected chi connectivity index (χ0v) is 14.2. The molecule has 0 N–H and O–H groups in total. The van der Waals surface area contributed by atoms with Crippen molar-refractivity contribution in [2.24, 2.45) is 0 Å². The standard InChI is InChI=1S/C15H19ClO5S/c1-11(17)20-13-6-7-14(21-12(2)18)15(10-13)22(19)9-5-3-4-8-16/h6-7,10H,3-5,8-9H2,1-2H3/t22-/m0/s1. The first-order valence-corrected chi connectivity index (χ1v) is 8.74. The second kappa shape index (κ2) is 9.58. The normalized spacial score (nSPS) is 11.8. The van der Waals surface area contributed by atoms with Gasteiger partial charge in [-0.1, -0.05) is 6.42 Å². The highest BCUT2D eigenvalue weighted by atomic mass is 35.5. The molecule has 0 radical (unpaired) electrons. The highest BCUT2D eigenvalue weighted by Crippen LogP contribution is 2.28. The minimum atomic E-state index is -1.35.